The van der Waals surface area contributed by atoms with Gasteiger partial charge in [0.2, 0.25) is 0 Å². The van der Waals surface area contributed by atoms with Crippen molar-refractivity contribution < 1.29 is 0 Å². The van der Waals surface area contributed by atoms with Crippen LogP contribution in [-0.4, -0.2) is 9.97 Å². The maximum Gasteiger partial charge on any atom is 0.153 e. The van der Waals surface area contributed by atoms with E-state index < -0.39 is 0 Å². The summed E-state index contributed by atoms with van der Waals surface area (Å²) in [5.74, 6) is 0. The third-order valence-electron chi connectivity index (χ3n) is 2.78. The Kier molecular flexibility index (Phi) is 2.22. The zero-order chi connectivity index (χ0) is 11.0. The summed E-state index contributed by atoms with van der Waals surface area (Å²) in [7, 11) is 0. The number of aromatic nitrogens is 2. The number of anilines is 1. The standard InChI is InChI=1S/C12H11N3S/c16-12-11-10(13-7-14-12)8-4-2-1-3-5-9(6-8)15-11/h1,3-5,7,15H,2,6H2,(H,13,14,16)/b3-1?,8-4+,9-5+. The molecule has 0 fully saturated rings. The number of rotatable bonds is 0. The van der Waals surface area contributed by atoms with Crippen molar-refractivity contribution >= 4 is 23.5 Å². The molecular weight excluding hydrogens is 218 g/mol. The second-order valence-corrected chi connectivity index (χ2v) is 4.23. The van der Waals surface area contributed by atoms with Gasteiger partial charge in [-0.25, -0.2) is 4.98 Å². The number of nitrogens with zero attached hydrogens (tertiary/aromatic N) is 1. The van der Waals surface area contributed by atoms with Crippen LogP contribution in [0, 0.1) is 4.64 Å². The number of fused-ring (bicyclic) bond motifs is 4. The molecule has 1 aliphatic carbocycles. The van der Waals surface area contributed by atoms with Crippen molar-refractivity contribution in [3.8, 4) is 0 Å². The summed E-state index contributed by atoms with van der Waals surface area (Å²) in [5, 5.41) is 3.34. The highest BCUT2D eigenvalue weighted by Crippen LogP contribution is 2.34. The van der Waals surface area contributed by atoms with E-state index in [2.05, 4.69) is 39.6 Å². The molecule has 0 aromatic carbocycles. The SMILES string of the molecule is S=c1nc[nH]c2c1N/C1=C/C=CC/C=C/2C1. The number of allylic oxidation sites excluding steroid dienone is 5. The molecule has 3 nitrogen and oxygen atoms in total. The van der Waals surface area contributed by atoms with Crippen molar-refractivity contribution in [2.24, 2.45) is 0 Å². The molecule has 2 heterocycles. The average molecular weight is 229 g/mol. The Bertz CT molecular complexity index is 578. The van der Waals surface area contributed by atoms with Crippen LogP contribution in [0.5, 0.6) is 0 Å². The van der Waals surface area contributed by atoms with Crippen LogP contribution >= 0.6 is 12.2 Å². The minimum atomic E-state index is 0.620. The lowest BCUT2D eigenvalue weighted by atomic mass is 9.98. The van der Waals surface area contributed by atoms with Crippen LogP contribution in [0.1, 0.15) is 18.5 Å². The second kappa shape index (κ2) is 3.72. The summed E-state index contributed by atoms with van der Waals surface area (Å²) in [4.78, 5) is 7.27. The predicted molar refractivity (Wildman–Crippen MR) is 67.5 cm³/mol. The normalized spacial score (nSPS) is 24.0. The molecule has 1 aromatic rings. The van der Waals surface area contributed by atoms with Gasteiger partial charge in [-0.1, -0.05) is 30.4 Å². The molecule has 4 heteroatoms. The van der Waals surface area contributed by atoms with Gasteiger partial charge in [0.25, 0.3) is 0 Å². The average Bonchev–Trinajstić information content (AvgIpc) is 2.26. The molecule has 2 aliphatic rings. The minimum Gasteiger partial charge on any atom is -0.354 e. The van der Waals surface area contributed by atoms with E-state index in [0.717, 1.165) is 24.2 Å². The van der Waals surface area contributed by atoms with Crippen LogP contribution in [0.15, 0.2) is 36.3 Å². The highest BCUT2D eigenvalue weighted by Gasteiger charge is 2.18. The van der Waals surface area contributed by atoms with Crippen LogP contribution in [0.25, 0.3) is 5.57 Å². The third-order valence-corrected chi connectivity index (χ3v) is 3.09. The van der Waals surface area contributed by atoms with Crippen LogP contribution in [0.3, 0.4) is 0 Å². The van der Waals surface area contributed by atoms with Gasteiger partial charge in [-0.05, 0) is 18.1 Å². The molecule has 2 N–H and O–H groups in total. The van der Waals surface area contributed by atoms with Crippen LogP contribution in [0.4, 0.5) is 5.69 Å². The van der Waals surface area contributed by atoms with Crippen molar-refractivity contribution in [3.05, 3.63) is 46.7 Å². The summed E-state index contributed by atoms with van der Waals surface area (Å²) in [6.45, 7) is 0. The maximum atomic E-state index is 5.23. The molecule has 80 valence electrons. The molecule has 1 aromatic heterocycles. The quantitative estimate of drug-likeness (QED) is 0.671. The predicted octanol–water partition coefficient (Wildman–Crippen LogP) is 3.18. The van der Waals surface area contributed by atoms with Crippen molar-refractivity contribution in [1.29, 1.82) is 0 Å². The van der Waals surface area contributed by atoms with Crippen LogP contribution < -0.4 is 5.32 Å². The Morgan fingerprint density at radius 1 is 1.38 bits per heavy atom. The lowest BCUT2D eigenvalue weighted by Crippen LogP contribution is -2.12. The first-order chi connectivity index (χ1) is 7.84. The van der Waals surface area contributed by atoms with Crippen molar-refractivity contribution in [2.45, 2.75) is 12.8 Å². The Morgan fingerprint density at radius 3 is 3.25 bits per heavy atom. The van der Waals surface area contributed by atoms with E-state index in [-0.39, 0.29) is 0 Å². The number of hydrogen-bond donors (Lipinski definition) is 2. The summed E-state index contributed by atoms with van der Waals surface area (Å²) in [5.41, 5.74) is 4.46. The number of nitrogens with one attached hydrogen (secondary N) is 2. The summed E-state index contributed by atoms with van der Waals surface area (Å²) < 4.78 is 0.620. The highest BCUT2D eigenvalue weighted by atomic mass is 32.1. The molecular formula is C12H11N3S. The molecule has 1 aliphatic heterocycles. The molecule has 16 heavy (non-hydrogen) atoms. The fourth-order valence-electron chi connectivity index (χ4n) is 2.01. The van der Waals surface area contributed by atoms with Gasteiger partial charge in [0.15, 0.2) is 4.64 Å². The monoisotopic (exact) mass is 229 g/mol. The van der Waals surface area contributed by atoms with Crippen molar-refractivity contribution in [2.75, 3.05) is 5.32 Å². The molecule has 0 radical (unpaired) electrons. The van der Waals surface area contributed by atoms with E-state index in [4.69, 9.17) is 12.2 Å². The molecule has 3 rings (SSSR count). The van der Waals surface area contributed by atoms with E-state index >= 15 is 0 Å². The molecule has 0 saturated carbocycles. The second-order valence-electron chi connectivity index (χ2n) is 3.84. The molecule has 2 bridgehead atoms. The van der Waals surface area contributed by atoms with Gasteiger partial charge in [-0.2, -0.15) is 0 Å². The van der Waals surface area contributed by atoms with E-state index in [1.807, 2.05) is 0 Å². The fourth-order valence-corrected chi connectivity index (χ4v) is 2.22. The zero-order valence-electron chi connectivity index (χ0n) is 8.66. The summed E-state index contributed by atoms with van der Waals surface area (Å²) in [6, 6.07) is 0. The Labute approximate surface area is 98.6 Å². The first kappa shape index (κ1) is 9.54. The first-order valence-electron chi connectivity index (χ1n) is 5.24. The number of hydrogen-bond acceptors (Lipinski definition) is 3. The Hall–Kier alpha value is -1.68. The summed E-state index contributed by atoms with van der Waals surface area (Å²) >= 11 is 5.23. The van der Waals surface area contributed by atoms with Gasteiger partial charge < -0.3 is 10.3 Å². The van der Waals surface area contributed by atoms with Gasteiger partial charge in [0.1, 0.15) is 0 Å². The van der Waals surface area contributed by atoms with Gasteiger partial charge in [-0.3, -0.25) is 0 Å². The lowest BCUT2D eigenvalue weighted by Gasteiger charge is -2.23. The maximum absolute atomic E-state index is 5.23. The minimum absolute atomic E-state index is 0.620. The van der Waals surface area contributed by atoms with E-state index in [1.165, 1.54) is 11.3 Å². The van der Waals surface area contributed by atoms with Crippen molar-refractivity contribution in [1.82, 2.24) is 9.97 Å². The third kappa shape index (κ3) is 1.51. The molecule has 0 spiro atoms. The first-order valence-corrected chi connectivity index (χ1v) is 5.65. The summed E-state index contributed by atoms with van der Waals surface area (Å²) in [6.07, 6.45) is 12.1. The topological polar surface area (TPSA) is 40.7 Å². The van der Waals surface area contributed by atoms with Crippen molar-refractivity contribution in [3.63, 3.8) is 0 Å². The van der Waals surface area contributed by atoms with E-state index in [9.17, 15) is 0 Å². The van der Waals surface area contributed by atoms with Gasteiger partial charge >= 0.3 is 0 Å². The van der Waals surface area contributed by atoms with E-state index in [1.54, 1.807) is 6.33 Å². The molecule has 0 amide bonds. The van der Waals surface area contributed by atoms with Gasteiger partial charge in [0, 0.05) is 12.1 Å². The number of H-pyrrole nitrogens is 1. The van der Waals surface area contributed by atoms with Crippen LogP contribution in [-0.2, 0) is 0 Å². The zero-order valence-corrected chi connectivity index (χ0v) is 9.47. The molecule has 0 saturated heterocycles. The molecule has 0 atom stereocenters. The van der Waals surface area contributed by atoms with Gasteiger partial charge in [-0.15, -0.1) is 0 Å². The van der Waals surface area contributed by atoms with E-state index in [0.29, 0.717) is 4.64 Å². The Morgan fingerprint density at radius 2 is 2.31 bits per heavy atom. The largest absolute Gasteiger partial charge is 0.354 e. The fraction of sp³-hybridized carbons (Fsp3) is 0.167. The lowest BCUT2D eigenvalue weighted by molar-refractivity contribution is 1.05. The highest BCUT2D eigenvalue weighted by molar-refractivity contribution is 7.71. The smallest absolute Gasteiger partial charge is 0.153 e. The van der Waals surface area contributed by atoms with Gasteiger partial charge in [0.05, 0.1) is 17.7 Å². The van der Waals surface area contributed by atoms with Crippen LogP contribution in [0.2, 0.25) is 0 Å². The number of aromatic amines is 1. The Balaban J connectivity index is 2.25. The molecule has 0 unspecified atom stereocenters.